The van der Waals surface area contributed by atoms with Gasteiger partial charge in [-0.1, -0.05) is 29.8 Å². The van der Waals surface area contributed by atoms with Gasteiger partial charge in [-0.15, -0.1) is 0 Å². The van der Waals surface area contributed by atoms with E-state index in [-0.39, 0.29) is 32.1 Å². The van der Waals surface area contributed by atoms with Gasteiger partial charge in [0.05, 0.1) is 26.2 Å². The number of halogens is 1. The molecule has 0 spiro atoms. The van der Waals surface area contributed by atoms with Gasteiger partial charge in [0.25, 0.3) is 0 Å². The van der Waals surface area contributed by atoms with Gasteiger partial charge in [0.15, 0.2) is 0 Å². The minimum atomic E-state index is -0.265. The normalized spacial score (nSPS) is 10.4. The van der Waals surface area contributed by atoms with Crippen molar-refractivity contribution in [3.8, 4) is 0 Å². The van der Waals surface area contributed by atoms with Crippen LogP contribution in [0.1, 0.15) is 12.0 Å². The zero-order valence-electron chi connectivity index (χ0n) is 9.97. The Morgan fingerprint density at radius 3 is 2.61 bits per heavy atom. The van der Waals surface area contributed by atoms with Crippen LogP contribution in [-0.2, 0) is 11.3 Å². The van der Waals surface area contributed by atoms with Crippen molar-refractivity contribution >= 4 is 17.5 Å². The van der Waals surface area contributed by atoms with Gasteiger partial charge in [-0.05, 0) is 11.6 Å². The standard InChI is InChI=1S/C12H17ClN2O3/c13-11-4-2-1-3-10(11)9-14-15(6-8-17)12(18)5-7-16/h1-4,14,16-17H,5-9H2. The number of rotatable bonds is 7. The van der Waals surface area contributed by atoms with Crippen LogP contribution < -0.4 is 5.43 Å². The number of aliphatic hydroxyl groups excluding tert-OH is 2. The summed E-state index contributed by atoms with van der Waals surface area (Å²) in [4.78, 5) is 11.6. The number of hydrazine groups is 1. The summed E-state index contributed by atoms with van der Waals surface area (Å²) in [5.41, 5.74) is 3.75. The second-order valence-corrected chi connectivity index (χ2v) is 4.08. The Balaban J connectivity index is 2.57. The maximum absolute atomic E-state index is 11.6. The molecular weight excluding hydrogens is 256 g/mol. The van der Waals surface area contributed by atoms with Gasteiger partial charge in [-0.3, -0.25) is 9.80 Å². The van der Waals surface area contributed by atoms with Crippen molar-refractivity contribution in [2.24, 2.45) is 0 Å². The quantitative estimate of drug-likeness (QED) is 0.634. The highest BCUT2D eigenvalue weighted by atomic mass is 35.5. The summed E-state index contributed by atoms with van der Waals surface area (Å²) in [6.45, 7) is 0.196. The summed E-state index contributed by atoms with van der Waals surface area (Å²) in [6, 6.07) is 7.30. The number of aliphatic hydroxyl groups is 2. The third kappa shape index (κ3) is 4.62. The van der Waals surface area contributed by atoms with Crippen LogP contribution in [0.5, 0.6) is 0 Å². The van der Waals surface area contributed by atoms with Gasteiger partial charge in [-0.2, -0.15) is 0 Å². The zero-order chi connectivity index (χ0) is 13.4. The Hall–Kier alpha value is -1.14. The van der Waals surface area contributed by atoms with E-state index in [0.717, 1.165) is 5.56 Å². The van der Waals surface area contributed by atoms with Crippen LogP contribution in [-0.4, -0.2) is 40.9 Å². The number of nitrogens with zero attached hydrogens (tertiary/aromatic N) is 1. The smallest absolute Gasteiger partial charge is 0.239 e. The summed E-state index contributed by atoms with van der Waals surface area (Å²) in [5.74, 6) is -0.265. The first-order chi connectivity index (χ1) is 8.69. The molecule has 1 aromatic rings. The summed E-state index contributed by atoms with van der Waals surface area (Å²) >= 11 is 5.99. The van der Waals surface area contributed by atoms with Crippen molar-refractivity contribution in [3.05, 3.63) is 34.9 Å². The van der Waals surface area contributed by atoms with E-state index in [1.165, 1.54) is 5.01 Å². The first-order valence-corrected chi connectivity index (χ1v) is 6.05. The third-order valence-corrected chi connectivity index (χ3v) is 2.74. The van der Waals surface area contributed by atoms with E-state index < -0.39 is 0 Å². The predicted octanol–water partition coefficient (Wildman–Crippen LogP) is 0.548. The van der Waals surface area contributed by atoms with Crippen molar-refractivity contribution in [3.63, 3.8) is 0 Å². The Kier molecular flexibility index (Phi) is 6.67. The molecule has 1 amide bonds. The van der Waals surface area contributed by atoms with Gasteiger partial charge >= 0.3 is 0 Å². The summed E-state index contributed by atoms with van der Waals surface area (Å²) in [7, 11) is 0. The molecular formula is C12H17ClN2O3. The molecule has 3 N–H and O–H groups in total. The molecule has 0 radical (unpaired) electrons. The van der Waals surface area contributed by atoms with Crippen LogP contribution in [0, 0.1) is 0 Å². The third-order valence-electron chi connectivity index (χ3n) is 2.37. The van der Waals surface area contributed by atoms with Crippen LogP contribution in [0.3, 0.4) is 0 Å². The summed E-state index contributed by atoms with van der Waals surface area (Å²) in [5, 5.41) is 19.5. The molecule has 18 heavy (non-hydrogen) atoms. The Morgan fingerprint density at radius 2 is 2.00 bits per heavy atom. The fourth-order valence-corrected chi connectivity index (χ4v) is 1.65. The molecule has 0 saturated heterocycles. The van der Waals surface area contributed by atoms with E-state index >= 15 is 0 Å². The Labute approximate surface area is 111 Å². The fourth-order valence-electron chi connectivity index (χ4n) is 1.44. The lowest BCUT2D eigenvalue weighted by atomic mass is 10.2. The minimum absolute atomic E-state index is 0.0233. The maximum atomic E-state index is 11.6. The molecule has 0 aliphatic carbocycles. The minimum Gasteiger partial charge on any atom is -0.396 e. The molecule has 100 valence electrons. The molecule has 0 fully saturated rings. The van der Waals surface area contributed by atoms with E-state index in [1.807, 2.05) is 18.2 Å². The molecule has 0 atom stereocenters. The number of carbonyl (C=O) groups excluding carboxylic acids is 1. The number of benzene rings is 1. The highest BCUT2D eigenvalue weighted by molar-refractivity contribution is 6.31. The molecule has 0 heterocycles. The van der Waals surface area contributed by atoms with E-state index in [9.17, 15) is 4.79 Å². The topological polar surface area (TPSA) is 72.8 Å². The van der Waals surface area contributed by atoms with Crippen LogP contribution >= 0.6 is 11.6 Å². The SMILES string of the molecule is O=C(CCO)N(CCO)NCc1ccccc1Cl. The lowest BCUT2D eigenvalue weighted by molar-refractivity contribution is -0.135. The van der Waals surface area contributed by atoms with Crippen molar-refractivity contribution < 1.29 is 15.0 Å². The maximum Gasteiger partial charge on any atom is 0.239 e. The van der Waals surface area contributed by atoms with E-state index in [2.05, 4.69) is 5.43 Å². The van der Waals surface area contributed by atoms with Crippen molar-refractivity contribution in [1.29, 1.82) is 0 Å². The predicted molar refractivity (Wildman–Crippen MR) is 68.8 cm³/mol. The lowest BCUT2D eigenvalue weighted by Crippen LogP contribution is -2.44. The van der Waals surface area contributed by atoms with E-state index in [4.69, 9.17) is 21.8 Å². The molecule has 0 unspecified atom stereocenters. The number of hydrogen-bond acceptors (Lipinski definition) is 4. The molecule has 0 aliphatic rings. The molecule has 5 nitrogen and oxygen atoms in total. The molecule has 0 aliphatic heterocycles. The first kappa shape index (κ1) is 14.9. The average Bonchev–Trinajstić information content (AvgIpc) is 2.36. The van der Waals surface area contributed by atoms with Crippen LogP contribution in [0.15, 0.2) is 24.3 Å². The lowest BCUT2D eigenvalue weighted by Gasteiger charge is -2.22. The number of carbonyl (C=O) groups is 1. The van der Waals surface area contributed by atoms with Crippen LogP contribution in [0.2, 0.25) is 5.02 Å². The molecule has 1 rings (SSSR count). The monoisotopic (exact) mass is 272 g/mol. The average molecular weight is 273 g/mol. The van der Waals surface area contributed by atoms with Crippen molar-refractivity contribution in [1.82, 2.24) is 10.4 Å². The van der Waals surface area contributed by atoms with Gasteiger partial charge in [0, 0.05) is 11.6 Å². The number of amides is 1. The highest BCUT2D eigenvalue weighted by Gasteiger charge is 2.12. The molecule has 1 aromatic carbocycles. The highest BCUT2D eigenvalue weighted by Crippen LogP contribution is 2.14. The van der Waals surface area contributed by atoms with Gasteiger partial charge in [0.1, 0.15) is 0 Å². The molecule has 6 heteroatoms. The summed E-state index contributed by atoms with van der Waals surface area (Å²) in [6.07, 6.45) is 0.0233. The molecule has 0 bridgehead atoms. The van der Waals surface area contributed by atoms with Gasteiger partial charge in [-0.25, -0.2) is 5.43 Å². The van der Waals surface area contributed by atoms with E-state index in [1.54, 1.807) is 6.07 Å². The number of nitrogens with one attached hydrogen (secondary N) is 1. The Bertz CT molecular complexity index is 387. The second kappa shape index (κ2) is 8.05. The Morgan fingerprint density at radius 1 is 1.28 bits per heavy atom. The van der Waals surface area contributed by atoms with E-state index in [0.29, 0.717) is 11.6 Å². The van der Waals surface area contributed by atoms with Gasteiger partial charge < -0.3 is 10.2 Å². The fraction of sp³-hybridized carbons (Fsp3) is 0.417. The van der Waals surface area contributed by atoms with Crippen molar-refractivity contribution in [2.75, 3.05) is 19.8 Å². The molecule has 0 aromatic heterocycles. The summed E-state index contributed by atoms with van der Waals surface area (Å²) < 4.78 is 0. The largest absolute Gasteiger partial charge is 0.396 e. The van der Waals surface area contributed by atoms with Gasteiger partial charge in [0.2, 0.25) is 5.91 Å². The number of hydrogen-bond donors (Lipinski definition) is 3. The first-order valence-electron chi connectivity index (χ1n) is 5.68. The van der Waals surface area contributed by atoms with Crippen molar-refractivity contribution in [2.45, 2.75) is 13.0 Å². The zero-order valence-corrected chi connectivity index (χ0v) is 10.7. The van der Waals surface area contributed by atoms with Crippen LogP contribution in [0.4, 0.5) is 0 Å². The molecule has 0 saturated carbocycles. The second-order valence-electron chi connectivity index (χ2n) is 3.67. The van der Waals surface area contributed by atoms with Crippen LogP contribution in [0.25, 0.3) is 0 Å².